The van der Waals surface area contributed by atoms with Gasteiger partial charge in [0.25, 0.3) is 0 Å². The fraction of sp³-hybridized carbons (Fsp3) is 0.818. The van der Waals surface area contributed by atoms with Crippen LogP contribution in [-0.4, -0.2) is 12.6 Å². The van der Waals surface area contributed by atoms with E-state index in [-0.39, 0.29) is 0 Å². The third-order valence-corrected chi connectivity index (χ3v) is 2.91. The lowest BCUT2D eigenvalue weighted by Crippen LogP contribution is -2.35. The Balaban J connectivity index is 2.34. The molecule has 0 spiro atoms. The van der Waals surface area contributed by atoms with Crippen LogP contribution in [0.3, 0.4) is 0 Å². The van der Waals surface area contributed by atoms with Gasteiger partial charge in [-0.2, -0.15) is 0 Å². The van der Waals surface area contributed by atoms with Crippen molar-refractivity contribution in [3.8, 4) is 12.3 Å². The molecule has 1 fully saturated rings. The van der Waals surface area contributed by atoms with Gasteiger partial charge in [0.1, 0.15) is 0 Å². The number of rotatable bonds is 5. The molecule has 0 bridgehead atoms. The Kier molecular flexibility index (Phi) is 3.17. The van der Waals surface area contributed by atoms with Gasteiger partial charge < -0.3 is 5.32 Å². The van der Waals surface area contributed by atoms with Gasteiger partial charge in [0.2, 0.25) is 0 Å². The van der Waals surface area contributed by atoms with Crippen molar-refractivity contribution >= 4 is 0 Å². The Hall–Kier alpha value is -0.480. The highest BCUT2D eigenvalue weighted by atomic mass is 14.9. The molecule has 0 aromatic rings. The average Bonchev–Trinajstić information content (AvgIpc) is 2.78. The molecule has 0 aromatic carbocycles. The summed E-state index contributed by atoms with van der Waals surface area (Å²) < 4.78 is 0. The summed E-state index contributed by atoms with van der Waals surface area (Å²) in [4.78, 5) is 0. The third kappa shape index (κ3) is 2.25. The van der Waals surface area contributed by atoms with Crippen LogP contribution in [-0.2, 0) is 0 Å². The Morgan fingerprint density at radius 2 is 2.25 bits per heavy atom. The van der Waals surface area contributed by atoms with Gasteiger partial charge in [0.15, 0.2) is 0 Å². The number of hydrogen-bond donors (Lipinski definition) is 1. The molecule has 1 atom stereocenters. The monoisotopic (exact) mass is 165 g/mol. The molecule has 0 radical (unpaired) electrons. The summed E-state index contributed by atoms with van der Waals surface area (Å²) in [5.41, 5.74) is 0.562. The van der Waals surface area contributed by atoms with E-state index in [1.807, 2.05) is 0 Å². The second-order valence-electron chi connectivity index (χ2n) is 4.01. The molecule has 0 aliphatic heterocycles. The Morgan fingerprint density at radius 3 is 2.67 bits per heavy atom. The molecule has 1 aliphatic rings. The maximum atomic E-state index is 5.26. The Bertz CT molecular complexity index is 174. The van der Waals surface area contributed by atoms with Crippen LogP contribution in [0.1, 0.15) is 39.5 Å². The van der Waals surface area contributed by atoms with Crippen molar-refractivity contribution in [2.24, 2.45) is 5.41 Å². The minimum absolute atomic E-state index is 0.562. The SMILES string of the molecule is C#CCCC(NCC)C1(C)CC1. The first-order valence-corrected chi connectivity index (χ1v) is 4.90. The Labute approximate surface area is 75.9 Å². The summed E-state index contributed by atoms with van der Waals surface area (Å²) in [5, 5.41) is 3.52. The minimum atomic E-state index is 0.562. The molecule has 1 N–H and O–H groups in total. The molecule has 68 valence electrons. The van der Waals surface area contributed by atoms with Crippen LogP contribution in [0.25, 0.3) is 0 Å². The standard InChI is InChI=1S/C11H19N/c1-4-6-7-10(12-5-2)11(3)8-9-11/h1,10,12H,5-9H2,2-3H3. The molecule has 0 amide bonds. The van der Waals surface area contributed by atoms with Crippen LogP contribution in [0.4, 0.5) is 0 Å². The van der Waals surface area contributed by atoms with E-state index in [1.54, 1.807) is 0 Å². The van der Waals surface area contributed by atoms with E-state index in [1.165, 1.54) is 12.8 Å². The van der Waals surface area contributed by atoms with Crippen LogP contribution in [0.15, 0.2) is 0 Å². The van der Waals surface area contributed by atoms with Gasteiger partial charge in [0, 0.05) is 12.5 Å². The molecule has 0 aromatic heterocycles. The number of terminal acetylenes is 1. The van der Waals surface area contributed by atoms with Crippen molar-refractivity contribution < 1.29 is 0 Å². The van der Waals surface area contributed by atoms with Crippen molar-refractivity contribution in [3.05, 3.63) is 0 Å². The second kappa shape index (κ2) is 3.96. The van der Waals surface area contributed by atoms with E-state index in [2.05, 4.69) is 25.1 Å². The van der Waals surface area contributed by atoms with Crippen molar-refractivity contribution in [1.82, 2.24) is 5.32 Å². The normalized spacial score (nSPS) is 21.4. The maximum Gasteiger partial charge on any atom is 0.0130 e. The van der Waals surface area contributed by atoms with Gasteiger partial charge in [-0.3, -0.25) is 0 Å². The summed E-state index contributed by atoms with van der Waals surface area (Å²) in [5.74, 6) is 2.72. The predicted molar refractivity (Wildman–Crippen MR) is 52.9 cm³/mol. The zero-order valence-corrected chi connectivity index (χ0v) is 8.19. The van der Waals surface area contributed by atoms with Gasteiger partial charge in [-0.25, -0.2) is 0 Å². The van der Waals surface area contributed by atoms with Crippen LogP contribution >= 0.6 is 0 Å². The molecular weight excluding hydrogens is 146 g/mol. The highest BCUT2D eigenvalue weighted by Crippen LogP contribution is 2.49. The van der Waals surface area contributed by atoms with Crippen LogP contribution in [0, 0.1) is 17.8 Å². The van der Waals surface area contributed by atoms with E-state index in [0.717, 1.165) is 19.4 Å². The molecule has 1 unspecified atom stereocenters. The summed E-state index contributed by atoms with van der Waals surface area (Å²) in [6.07, 6.45) is 10.0. The van der Waals surface area contributed by atoms with Crippen LogP contribution in [0.2, 0.25) is 0 Å². The molecule has 1 rings (SSSR count). The summed E-state index contributed by atoms with van der Waals surface area (Å²) >= 11 is 0. The van der Waals surface area contributed by atoms with Gasteiger partial charge in [-0.05, 0) is 31.2 Å². The van der Waals surface area contributed by atoms with Crippen molar-refractivity contribution in [1.29, 1.82) is 0 Å². The second-order valence-corrected chi connectivity index (χ2v) is 4.01. The molecule has 1 aliphatic carbocycles. The van der Waals surface area contributed by atoms with Crippen molar-refractivity contribution in [3.63, 3.8) is 0 Å². The van der Waals surface area contributed by atoms with E-state index >= 15 is 0 Å². The van der Waals surface area contributed by atoms with Gasteiger partial charge in [0.05, 0.1) is 0 Å². The Morgan fingerprint density at radius 1 is 1.58 bits per heavy atom. The predicted octanol–water partition coefficient (Wildman–Crippen LogP) is 2.18. The third-order valence-electron chi connectivity index (χ3n) is 2.91. The highest BCUT2D eigenvalue weighted by molar-refractivity contribution is 5.00. The maximum absolute atomic E-state index is 5.26. The number of hydrogen-bond acceptors (Lipinski definition) is 1. The lowest BCUT2D eigenvalue weighted by Gasteiger charge is -2.23. The smallest absolute Gasteiger partial charge is 0.0130 e. The van der Waals surface area contributed by atoms with E-state index < -0.39 is 0 Å². The van der Waals surface area contributed by atoms with Gasteiger partial charge in [-0.15, -0.1) is 12.3 Å². The minimum Gasteiger partial charge on any atom is -0.314 e. The summed E-state index contributed by atoms with van der Waals surface area (Å²) in [6.45, 7) is 5.58. The summed E-state index contributed by atoms with van der Waals surface area (Å²) in [7, 11) is 0. The summed E-state index contributed by atoms with van der Waals surface area (Å²) in [6, 6.07) is 0.651. The zero-order chi connectivity index (χ0) is 9.03. The molecule has 1 heteroatoms. The first kappa shape index (κ1) is 9.61. The van der Waals surface area contributed by atoms with E-state index in [9.17, 15) is 0 Å². The van der Waals surface area contributed by atoms with Crippen LogP contribution < -0.4 is 5.32 Å². The van der Waals surface area contributed by atoms with Crippen molar-refractivity contribution in [2.75, 3.05) is 6.54 Å². The van der Waals surface area contributed by atoms with E-state index in [4.69, 9.17) is 6.42 Å². The van der Waals surface area contributed by atoms with Crippen molar-refractivity contribution in [2.45, 2.75) is 45.6 Å². The first-order chi connectivity index (χ1) is 5.73. The molecule has 1 saturated carbocycles. The lowest BCUT2D eigenvalue weighted by atomic mass is 9.94. The topological polar surface area (TPSA) is 12.0 Å². The molecule has 0 saturated heterocycles. The molecule has 0 heterocycles. The quantitative estimate of drug-likeness (QED) is 0.616. The zero-order valence-electron chi connectivity index (χ0n) is 8.19. The molecular formula is C11H19N. The largest absolute Gasteiger partial charge is 0.314 e. The fourth-order valence-electron chi connectivity index (χ4n) is 1.72. The molecule has 1 nitrogen and oxygen atoms in total. The lowest BCUT2D eigenvalue weighted by molar-refractivity contribution is 0.346. The number of nitrogens with one attached hydrogen (secondary N) is 1. The van der Waals surface area contributed by atoms with Crippen LogP contribution in [0.5, 0.6) is 0 Å². The molecule has 12 heavy (non-hydrogen) atoms. The fourth-order valence-corrected chi connectivity index (χ4v) is 1.72. The first-order valence-electron chi connectivity index (χ1n) is 4.90. The van der Waals surface area contributed by atoms with E-state index in [0.29, 0.717) is 11.5 Å². The van der Waals surface area contributed by atoms with Gasteiger partial charge in [-0.1, -0.05) is 13.8 Å². The highest BCUT2D eigenvalue weighted by Gasteiger charge is 2.43. The van der Waals surface area contributed by atoms with Gasteiger partial charge >= 0.3 is 0 Å². The average molecular weight is 165 g/mol.